The average Bonchev–Trinajstić information content (AvgIpc) is 3.15. The number of allylic oxidation sites excluding steroid dienone is 1. The Hall–Kier alpha value is -3.16. The van der Waals surface area contributed by atoms with E-state index >= 15 is 0 Å². The predicted molar refractivity (Wildman–Crippen MR) is 160 cm³/mol. The van der Waals surface area contributed by atoms with Crippen molar-refractivity contribution in [2.75, 3.05) is 59.0 Å². The first-order valence-corrected chi connectivity index (χ1v) is 13.9. The summed E-state index contributed by atoms with van der Waals surface area (Å²) in [6.45, 7) is 6.60. The number of benzene rings is 2. The van der Waals surface area contributed by atoms with Gasteiger partial charge in [0.05, 0.1) is 18.2 Å². The molecule has 204 valence electrons. The first kappa shape index (κ1) is 29.4. The fraction of sp³-hybridized carbons (Fsp3) is 0.387. The van der Waals surface area contributed by atoms with Gasteiger partial charge in [0.25, 0.3) is 0 Å². The van der Waals surface area contributed by atoms with Crippen LogP contribution < -0.4 is 4.90 Å². The minimum atomic E-state index is -0.348. The van der Waals surface area contributed by atoms with Crippen LogP contribution >= 0.6 is 11.8 Å². The van der Waals surface area contributed by atoms with Crippen LogP contribution in [0, 0.1) is 0 Å². The molecule has 3 rings (SSSR count). The predicted octanol–water partition coefficient (Wildman–Crippen LogP) is 5.84. The summed E-state index contributed by atoms with van der Waals surface area (Å²) >= 11 is 1.69. The Morgan fingerprint density at radius 2 is 1.76 bits per heavy atom. The summed E-state index contributed by atoms with van der Waals surface area (Å²) in [7, 11) is 9.95. The van der Waals surface area contributed by atoms with E-state index in [1.807, 2.05) is 95.3 Å². The number of hydrogen-bond acceptors (Lipinski definition) is 7. The second-order valence-electron chi connectivity index (χ2n) is 9.98. The molecule has 0 radical (unpaired) electrons. The summed E-state index contributed by atoms with van der Waals surface area (Å²) in [5.74, 6) is 0.466. The molecule has 0 aromatic heterocycles. The van der Waals surface area contributed by atoms with Gasteiger partial charge in [-0.2, -0.15) is 0 Å². The van der Waals surface area contributed by atoms with Crippen LogP contribution in [0.1, 0.15) is 26.3 Å². The lowest BCUT2D eigenvalue weighted by Crippen LogP contribution is -2.27. The summed E-state index contributed by atoms with van der Waals surface area (Å²) in [6.07, 6.45) is 0. The Bertz CT molecular complexity index is 1230. The molecule has 2 aromatic carbocycles. The standard InChI is InChI=1S/C31H41N3O3S/c1-9-37-31(36)29-27(20-38-25-16-11-10-12-17-25)34(8)22(3)28(29)26(19-32(4)5)30(35)21(2)23-14-13-15-24(18-23)33(6)7/h10-18,22,35H,9,19-20H2,1-8H3/b28-26+,30-21-. The first-order valence-electron chi connectivity index (χ1n) is 12.9. The molecule has 0 saturated heterocycles. The average molecular weight is 536 g/mol. The molecule has 1 aliphatic heterocycles. The molecule has 1 N–H and O–H groups in total. The quantitative estimate of drug-likeness (QED) is 0.233. The fourth-order valence-electron chi connectivity index (χ4n) is 4.63. The first-order chi connectivity index (χ1) is 18.1. The van der Waals surface area contributed by atoms with Crippen molar-refractivity contribution in [3.8, 4) is 0 Å². The van der Waals surface area contributed by atoms with E-state index in [4.69, 9.17) is 4.74 Å². The van der Waals surface area contributed by atoms with Crippen molar-refractivity contribution in [2.24, 2.45) is 0 Å². The number of ether oxygens (including phenoxy) is 1. The van der Waals surface area contributed by atoms with Gasteiger partial charge in [-0.3, -0.25) is 0 Å². The van der Waals surface area contributed by atoms with Gasteiger partial charge in [0.1, 0.15) is 5.76 Å². The highest BCUT2D eigenvalue weighted by atomic mass is 32.2. The van der Waals surface area contributed by atoms with Crippen molar-refractivity contribution in [1.82, 2.24) is 9.80 Å². The summed E-state index contributed by atoms with van der Waals surface area (Å²) in [5, 5.41) is 11.8. The summed E-state index contributed by atoms with van der Waals surface area (Å²) in [4.78, 5) is 20.8. The number of hydrogen-bond donors (Lipinski definition) is 1. The van der Waals surface area contributed by atoms with Gasteiger partial charge in [0.2, 0.25) is 0 Å². The SMILES string of the molecule is CCOC(=O)C1=C(CSc2ccccc2)N(C)C(C)/C1=C(CN(C)C)\C(O)=C(/C)c1cccc(N(C)C)c1. The highest BCUT2D eigenvalue weighted by Crippen LogP contribution is 2.40. The lowest BCUT2D eigenvalue weighted by Gasteiger charge is -2.25. The zero-order chi connectivity index (χ0) is 28.0. The molecule has 1 heterocycles. The van der Waals surface area contributed by atoms with E-state index < -0.39 is 0 Å². The number of aliphatic hydroxyl groups excluding tert-OH is 1. The lowest BCUT2D eigenvalue weighted by molar-refractivity contribution is -0.138. The van der Waals surface area contributed by atoms with Gasteiger partial charge < -0.3 is 24.5 Å². The molecule has 0 spiro atoms. The van der Waals surface area contributed by atoms with Gasteiger partial charge in [0.15, 0.2) is 0 Å². The van der Waals surface area contributed by atoms with Crippen LogP contribution in [0.4, 0.5) is 5.69 Å². The van der Waals surface area contributed by atoms with E-state index in [9.17, 15) is 9.90 Å². The van der Waals surface area contributed by atoms with Crippen molar-refractivity contribution in [2.45, 2.75) is 31.7 Å². The monoisotopic (exact) mass is 535 g/mol. The highest BCUT2D eigenvalue weighted by Gasteiger charge is 2.38. The minimum absolute atomic E-state index is 0.112. The van der Waals surface area contributed by atoms with Gasteiger partial charge in [-0.05, 0) is 75.8 Å². The number of nitrogens with zero attached hydrogens (tertiary/aromatic N) is 3. The molecule has 1 atom stereocenters. The molecule has 6 nitrogen and oxygen atoms in total. The maximum absolute atomic E-state index is 13.5. The molecular formula is C31H41N3O3S. The largest absolute Gasteiger partial charge is 0.507 e. The molecule has 38 heavy (non-hydrogen) atoms. The van der Waals surface area contributed by atoms with Crippen molar-refractivity contribution in [3.05, 3.63) is 88.3 Å². The Morgan fingerprint density at radius 1 is 1.08 bits per heavy atom. The summed E-state index contributed by atoms with van der Waals surface area (Å²) in [5.41, 5.74) is 5.79. The maximum Gasteiger partial charge on any atom is 0.340 e. The van der Waals surface area contributed by atoms with Gasteiger partial charge in [-0.1, -0.05) is 30.3 Å². The van der Waals surface area contributed by atoms with Crippen LogP contribution in [0.5, 0.6) is 0 Å². The van der Waals surface area contributed by atoms with Gasteiger partial charge in [-0.15, -0.1) is 11.8 Å². The van der Waals surface area contributed by atoms with E-state index in [0.717, 1.165) is 38.6 Å². The summed E-state index contributed by atoms with van der Waals surface area (Å²) in [6, 6.07) is 18.2. The summed E-state index contributed by atoms with van der Waals surface area (Å²) < 4.78 is 5.57. The number of carbonyl (C=O) groups excluding carboxylic acids is 1. The third-order valence-electron chi connectivity index (χ3n) is 6.82. The fourth-order valence-corrected chi connectivity index (χ4v) is 5.63. The molecule has 1 unspecified atom stereocenters. The van der Waals surface area contributed by atoms with E-state index in [2.05, 4.69) is 30.0 Å². The van der Waals surface area contributed by atoms with Gasteiger partial charge in [0, 0.05) is 55.3 Å². The second kappa shape index (κ2) is 13.1. The Balaban J connectivity index is 2.22. The van der Waals surface area contributed by atoms with Crippen molar-refractivity contribution >= 4 is 29.0 Å². The smallest absolute Gasteiger partial charge is 0.340 e. The Kier molecular flexibility index (Phi) is 10.1. The highest BCUT2D eigenvalue weighted by molar-refractivity contribution is 7.99. The van der Waals surface area contributed by atoms with E-state index in [-0.39, 0.29) is 24.4 Å². The molecule has 7 heteroatoms. The number of aliphatic hydroxyl groups is 1. The van der Waals surface area contributed by atoms with Crippen molar-refractivity contribution < 1.29 is 14.6 Å². The minimum Gasteiger partial charge on any atom is -0.507 e. The molecule has 0 aliphatic carbocycles. The van der Waals surface area contributed by atoms with E-state index in [1.54, 1.807) is 11.8 Å². The van der Waals surface area contributed by atoms with E-state index in [0.29, 0.717) is 17.9 Å². The van der Waals surface area contributed by atoms with Crippen molar-refractivity contribution in [3.63, 3.8) is 0 Å². The molecule has 0 amide bonds. The van der Waals surface area contributed by atoms with Crippen LogP contribution in [-0.2, 0) is 9.53 Å². The number of carbonyl (C=O) groups is 1. The van der Waals surface area contributed by atoms with Crippen LogP contribution in [0.2, 0.25) is 0 Å². The molecular weight excluding hydrogens is 494 g/mol. The van der Waals surface area contributed by atoms with E-state index in [1.165, 1.54) is 0 Å². The maximum atomic E-state index is 13.5. The normalized spacial score (nSPS) is 17.6. The van der Waals surface area contributed by atoms with Crippen LogP contribution in [0.15, 0.2) is 87.7 Å². The van der Waals surface area contributed by atoms with Crippen LogP contribution in [0.3, 0.4) is 0 Å². The topological polar surface area (TPSA) is 56.3 Å². The number of likely N-dealkylation sites (N-methyl/N-ethyl adjacent to an activating group) is 2. The molecule has 0 bridgehead atoms. The third kappa shape index (κ3) is 6.63. The number of esters is 1. The van der Waals surface area contributed by atoms with Crippen LogP contribution in [0.25, 0.3) is 5.57 Å². The second-order valence-corrected chi connectivity index (χ2v) is 11.0. The van der Waals surface area contributed by atoms with Gasteiger partial charge in [-0.25, -0.2) is 4.79 Å². The molecule has 0 fully saturated rings. The van der Waals surface area contributed by atoms with Crippen molar-refractivity contribution in [1.29, 1.82) is 0 Å². The molecule has 2 aromatic rings. The number of anilines is 1. The third-order valence-corrected chi connectivity index (χ3v) is 7.84. The number of rotatable bonds is 10. The lowest BCUT2D eigenvalue weighted by atomic mass is 9.92. The number of thioether (sulfide) groups is 1. The Morgan fingerprint density at radius 3 is 2.37 bits per heavy atom. The zero-order valence-electron chi connectivity index (χ0n) is 23.9. The molecule has 1 aliphatic rings. The molecule has 0 saturated carbocycles. The Labute approximate surface area is 232 Å². The van der Waals surface area contributed by atoms with Gasteiger partial charge >= 0.3 is 5.97 Å². The zero-order valence-corrected chi connectivity index (χ0v) is 24.7. The van der Waals surface area contributed by atoms with Crippen LogP contribution in [-0.4, -0.2) is 81.1 Å².